The van der Waals surface area contributed by atoms with Gasteiger partial charge in [0.1, 0.15) is 5.84 Å². The number of amidine groups is 1. The monoisotopic (exact) mass is 431 g/mol. The van der Waals surface area contributed by atoms with Crippen molar-refractivity contribution in [2.24, 2.45) is 28.5 Å². The molecule has 6 nitrogen and oxygen atoms in total. The van der Waals surface area contributed by atoms with Gasteiger partial charge in [0, 0.05) is 12.0 Å². The van der Waals surface area contributed by atoms with Crippen molar-refractivity contribution in [2.75, 3.05) is 6.54 Å². The molecule has 5 N–H and O–H groups in total. The van der Waals surface area contributed by atoms with Crippen molar-refractivity contribution >= 4 is 23.3 Å². The Kier molecular flexibility index (Phi) is 6.58. The number of hydrazone groups is 1. The highest BCUT2D eigenvalue weighted by molar-refractivity contribution is 6.33. The van der Waals surface area contributed by atoms with Gasteiger partial charge in [0.2, 0.25) is 0 Å². The third-order valence-corrected chi connectivity index (χ3v) is 5.73. The molecule has 29 heavy (non-hydrogen) atoms. The first-order valence-electron chi connectivity index (χ1n) is 9.67. The summed E-state index contributed by atoms with van der Waals surface area (Å²) >= 11 is 5.94. The third kappa shape index (κ3) is 5.99. The van der Waals surface area contributed by atoms with Crippen LogP contribution in [0.25, 0.3) is 0 Å². The van der Waals surface area contributed by atoms with Gasteiger partial charge in [-0.25, -0.2) is 11.0 Å². The van der Waals surface area contributed by atoms with E-state index in [4.69, 9.17) is 23.2 Å². The van der Waals surface area contributed by atoms with Crippen LogP contribution < -0.4 is 16.9 Å². The highest BCUT2D eigenvalue weighted by Gasteiger charge is 2.32. The minimum Gasteiger partial charge on any atom is -0.385 e. The summed E-state index contributed by atoms with van der Waals surface area (Å²) in [6, 6.07) is 2.63. The first kappa shape index (κ1) is 21.7. The Morgan fingerprint density at radius 2 is 1.86 bits per heavy atom. The van der Waals surface area contributed by atoms with Gasteiger partial charge >= 0.3 is 6.18 Å². The minimum absolute atomic E-state index is 0.00549. The summed E-state index contributed by atoms with van der Waals surface area (Å²) < 4.78 is 38.7. The van der Waals surface area contributed by atoms with Crippen molar-refractivity contribution < 1.29 is 18.0 Å². The number of nitrogens with zero attached hydrogens (tertiary/aromatic N) is 2. The number of carbonyl (C=O) groups excluding carboxylic acids is 1. The van der Waals surface area contributed by atoms with Crippen LogP contribution in [0, 0.1) is 11.8 Å². The van der Waals surface area contributed by atoms with Crippen molar-refractivity contribution in [1.82, 2.24) is 10.4 Å². The molecule has 0 aromatic heterocycles. The molecule has 1 aromatic carbocycles. The normalized spacial score (nSPS) is 23.0. The van der Waals surface area contributed by atoms with E-state index in [2.05, 4.69) is 10.4 Å². The van der Waals surface area contributed by atoms with Gasteiger partial charge in [0.15, 0.2) is 0 Å². The maximum Gasteiger partial charge on any atom is 0.416 e. The predicted octanol–water partition coefficient (Wildman–Crippen LogP) is 3.51. The second kappa shape index (κ2) is 8.79. The molecule has 0 aliphatic heterocycles. The lowest BCUT2D eigenvalue weighted by atomic mass is 9.86. The van der Waals surface area contributed by atoms with Gasteiger partial charge < -0.3 is 11.1 Å². The summed E-state index contributed by atoms with van der Waals surface area (Å²) in [7, 11) is 0. The molecule has 10 heteroatoms. The first-order valence-corrected chi connectivity index (χ1v) is 10.0. The lowest BCUT2D eigenvalue weighted by molar-refractivity contribution is -0.137. The molecule has 2 aliphatic carbocycles. The van der Waals surface area contributed by atoms with Crippen molar-refractivity contribution in [3.05, 3.63) is 34.3 Å². The molecule has 0 unspecified atom stereocenters. The lowest BCUT2D eigenvalue weighted by Crippen LogP contribution is -2.40. The van der Waals surface area contributed by atoms with Gasteiger partial charge in [0.25, 0.3) is 5.91 Å². The van der Waals surface area contributed by atoms with Crippen LogP contribution in [0.4, 0.5) is 13.2 Å². The van der Waals surface area contributed by atoms with Crippen LogP contribution in [0.3, 0.4) is 0 Å². The molecule has 0 spiro atoms. The fourth-order valence-electron chi connectivity index (χ4n) is 3.54. The predicted molar refractivity (Wildman–Crippen MR) is 105 cm³/mol. The Balaban J connectivity index is 1.50. The van der Waals surface area contributed by atoms with Crippen molar-refractivity contribution in [3.8, 4) is 0 Å². The summed E-state index contributed by atoms with van der Waals surface area (Å²) in [5.41, 5.74) is 4.80. The van der Waals surface area contributed by atoms with Crippen LogP contribution in [0.5, 0.6) is 0 Å². The average molecular weight is 432 g/mol. The number of carbonyl (C=O) groups is 1. The zero-order chi connectivity index (χ0) is 21.2. The van der Waals surface area contributed by atoms with Gasteiger partial charge in [-0.05, 0) is 62.6 Å². The van der Waals surface area contributed by atoms with Gasteiger partial charge in [0.05, 0.1) is 22.7 Å². The fourth-order valence-corrected chi connectivity index (χ4v) is 3.75. The standard InChI is InChI=1S/C19H25ClF3N5O/c20-16-8-5-13(19(21,22)23)9-15(16)18(29)26-14-6-1-11(2-7-14)10-28(25)27-17(24)12-3-4-12/h5,8-9,11-12,14H,1-4,6-7,10,25H2,(H2,24,27)(H,26,29). The van der Waals surface area contributed by atoms with Gasteiger partial charge in [-0.3, -0.25) is 4.79 Å². The number of halogens is 4. The SMILES string of the molecule is N/C(=N\N(N)CC1CCC(NC(=O)c2cc(C(F)(F)F)ccc2Cl)CC1)C1CC1. The van der Waals surface area contributed by atoms with Crippen LogP contribution in [-0.4, -0.2) is 29.4 Å². The summed E-state index contributed by atoms with van der Waals surface area (Å²) in [6.07, 6.45) is 0.665. The van der Waals surface area contributed by atoms with Crippen molar-refractivity contribution in [3.63, 3.8) is 0 Å². The third-order valence-electron chi connectivity index (χ3n) is 5.41. The summed E-state index contributed by atoms with van der Waals surface area (Å²) in [6.45, 7) is 0.577. The molecule has 2 fully saturated rings. The van der Waals surface area contributed by atoms with E-state index in [-0.39, 0.29) is 16.6 Å². The number of rotatable bonds is 6. The van der Waals surface area contributed by atoms with Gasteiger partial charge in [-0.2, -0.15) is 13.2 Å². The highest BCUT2D eigenvalue weighted by Crippen LogP contribution is 2.32. The van der Waals surface area contributed by atoms with Crippen LogP contribution in [0.2, 0.25) is 5.02 Å². The Hall–Kier alpha value is -2.00. The smallest absolute Gasteiger partial charge is 0.385 e. The fraction of sp³-hybridized carbons (Fsp3) is 0.579. The zero-order valence-electron chi connectivity index (χ0n) is 15.9. The van der Waals surface area contributed by atoms with E-state index in [0.29, 0.717) is 37.1 Å². The Bertz CT molecular complexity index is 774. The van der Waals surface area contributed by atoms with E-state index in [1.807, 2.05) is 0 Å². The molecule has 1 aromatic rings. The number of hydrogen-bond acceptors (Lipinski definition) is 4. The van der Waals surface area contributed by atoms with Crippen molar-refractivity contribution in [1.29, 1.82) is 0 Å². The van der Waals surface area contributed by atoms with Gasteiger partial charge in [-0.15, -0.1) is 5.10 Å². The highest BCUT2D eigenvalue weighted by atomic mass is 35.5. The Morgan fingerprint density at radius 1 is 1.21 bits per heavy atom. The van der Waals surface area contributed by atoms with E-state index >= 15 is 0 Å². The van der Waals surface area contributed by atoms with E-state index in [1.165, 1.54) is 5.12 Å². The average Bonchev–Trinajstić information content (AvgIpc) is 3.48. The molecule has 160 valence electrons. The summed E-state index contributed by atoms with van der Waals surface area (Å²) in [5, 5.41) is 8.39. The Morgan fingerprint density at radius 3 is 2.45 bits per heavy atom. The van der Waals surface area contributed by atoms with E-state index in [9.17, 15) is 18.0 Å². The maximum atomic E-state index is 12.9. The number of amides is 1. The molecule has 1 amide bonds. The molecule has 0 saturated heterocycles. The molecule has 0 radical (unpaired) electrons. The molecular weight excluding hydrogens is 407 g/mol. The Labute approximate surface area is 172 Å². The largest absolute Gasteiger partial charge is 0.416 e. The number of nitrogens with one attached hydrogen (secondary N) is 1. The molecule has 0 bridgehead atoms. The topological polar surface area (TPSA) is 96.7 Å². The molecule has 0 atom stereocenters. The number of alkyl halides is 3. The van der Waals surface area contributed by atoms with E-state index < -0.39 is 17.6 Å². The lowest BCUT2D eigenvalue weighted by Gasteiger charge is -2.30. The van der Waals surface area contributed by atoms with E-state index in [1.54, 1.807) is 0 Å². The maximum absolute atomic E-state index is 12.9. The second-order valence-corrected chi connectivity index (χ2v) is 8.21. The minimum atomic E-state index is -4.53. The number of hydrazine groups is 1. The molecule has 0 heterocycles. The summed E-state index contributed by atoms with van der Waals surface area (Å²) in [4.78, 5) is 12.4. The van der Waals surface area contributed by atoms with E-state index in [0.717, 1.165) is 43.9 Å². The van der Waals surface area contributed by atoms with Crippen LogP contribution in [-0.2, 0) is 6.18 Å². The van der Waals surface area contributed by atoms with Gasteiger partial charge in [-0.1, -0.05) is 11.6 Å². The zero-order valence-corrected chi connectivity index (χ0v) is 16.6. The quantitative estimate of drug-likeness (QED) is 0.278. The number of hydrogen-bond donors (Lipinski definition) is 3. The summed E-state index contributed by atoms with van der Waals surface area (Å²) in [5.74, 6) is 6.58. The molecule has 2 aliphatic rings. The second-order valence-electron chi connectivity index (χ2n) is 7.80. The first-order chi connectivity index (χ1) is 13.6. The molecular formula is C19H25ClF3N5O. The van der Waals surface area contributed by atoms with Crippen molar-refractivity contribution in [2.45, 2.75) is 50.7 Å². The molecule has 3 rings (SSSR count). The number of benzene rings is 1. The van der Waals surface area contributed by atoms with Crippen LogP contribution in [0.15, 0.2) is 23.3 Å². The van der Waals surface area contributed by atoms with Crippen LogP contribution >= 0.6 is 11.6 Å². The molecule has 2 saturated carbocycles. The number of nitrogens with two attached hydrogens (primary N) is 2. The van der Waals surface area contributed by atoms with Crippen LogP contribution in [0.1, 0.15) is 54.4 Å².